The summed E-state index contributed by atoms with van der Waals surface area (Å²) in [6.45, 7) is 0.834. The quantitative estimate of drug-likeness (QED) is 0.886. The minimum atomic E-state index is -0.0934. The lowest BCUT2D eigenvalue weighted by molar-refractivity contribution is 0.464. The number of rotatable bonds is 4. The molecule has 0 radical (unpaired) electrons. The van der Waals surface area contributed by atoms with Crippen molar-refractivity contribution in [2.24, 2.45) is 0 Å². The van der Waals surface area contributed by atoms with Crippen LogP contribution in [0.5, 0.6) is 0 Å². The Balaban J connectivity index is 1.58. The molecule has 1 aliphatic rings. The average molecular weight is 275 g/mol. The number of benzene rings is 1. The van der Waals surface area contributed by atoms with Gasteiger partial charge in [-0.25, -0.2) is 4.39 Å². The van der Waals surface area contributed by atoms with Crippen LogP contribution in [0.1, 0.15) is 34.9 Å². The van der Waals surface area contributed by atoms with Gasteiger partial charge in [0.1, 0.15) is 5.82 Å². The lowest BCUT2D eigenvalue weighted by atomic mass is 9.94. The summed E-state index contributed by atoms with van der Waals surface area (Å²) in [5.41, 5.74) is 2.26. The summed E-state index contributed by atoms with van der Waals surface area (Å²) in [5, 5.41) is 5.76. The van der Waals surface area contributed by atoms with Gasteiger partial charge in [0.05, 0.1) is 0 Å². The maximum absolute atomic E-state index is 13.5. The second kappa shape index (κ2) is 5.85. The third-order valence-corrected chi connectivity index (χ3v) is 4.79. The largest absolute Gasteiger partial charge is 0.310 e. The average Bonchev–Trinajstić information content (AvgIpc) is 2.90. The van der Waals surface area contributed by atoms with Gasteiger partial charge in [0, 0.05) is 10.9 Å². The molecule has 1 aromatic heterocycles. The Morgan fingerprint density at radius 2 is 2.16 bits per heavy atom. The van der Waals surface area contributed by atoms with Gasteiger partial charge in [0.2, 0.25) is 0 Å². The molecule has 3 rings (SSSR count). The predicted octanol–water partition coefficient (Wildman–Crippen LogP) is 4.10. The summed E-state index contributed by atoms with van der Waals surface area (Å²) >= 11 is 1.86. The zero-order valence-electron chi connectivity index (χ0n) is 10.9. The van der Waals surface area contributed by atoms with E-state index in [9.17, 15) is 4.39 Å². The van der Waals surface area contributed by atoms with Gasteiger partial charge in [0.15, 0.2) is 0 Å². The second-order valence-electron chi connectivity index (χ2n) is 5.04. The van der Waals surface area contributed by atoms with Gasteiger partial charge in [-0.15, -0.1) is 11.3 Å². The van der Waals surface area contributed by atoms with Crippen LogP contribution < -0.4 is 5.32 Å². The summed E-state index contributed by atoms with van der Waals surface area (Å²) in [6, 6.07) is 9.74. The Bertz CT molecular complexity index is 549. The molecule has 19 heavy (non-hydrogen) atoms. The smallest absolute Gasteiger partial charge is 0.126 e. The standard InChI is InChI=1S/C16H18FNS/c17-14-5-2-1-4-12(14)8-10-18-15-6-3-7-16-13(15)9-11-19-16/h1-2,4-5,9,11,15,18H,3,6-8,10H2. The summed E-state index contributed by atoms with van der Waals surface area (Å²) in [6.07, 6.45) is 4.42. The number of hydrogen-bond donors (Lipinski definition) is 1. The molecule has 0 saturated heterocycles. The lowest BCUT2D eigenvalue weighted by Gasteiger charge is -2.23. The zero-order chi connectivity index (χ0) is 13.1. The highest BCUT2D eigenvalue weighted by atomic mass is 32.1. The van der Waals surface area contributed by atoms with Gasteiger partial charge in [-0.1, -0.05) is 18.2 Å². The van der Waals surface area contributed by atoms with Crippen molar-refractivity contribution < 1.29 is 4.39 Å². The van der Waals surface area contributed by atoms with Crippen molar-refractivity contribution in [3.05, 3.63) is 57.5 Å². The topological polar surface area (TPSA) is 12.0 Å². The van der Waals surface area contributed by atoms with Gasteiger partial charge >= 0.3 is 0 Å². The van der Waals surface area contributed by atoms with Crippen LogP contribution in [0.3, 0.4) is 0 Å². The van der Waals surface area contributed by atoms with E-state index < -0.39 is 0 Å². The molecular weight excluding hydrogens is 257 g/mol. The predicted molar refractivity (Wildman–Crippen MR) is 78.1 cm³/mol. The first-order valence-corrected chi connectivity index (χ1v) is 7.75. The highest BCUT2D eigenvalue weighted by molar-refractivity contribution is 7.10. The summed E-state index contributed by atoms with van der Waals surface area (Å²) in [5.74, 6) is -0.0934. The van der Waals surface area contributed by atoms with E-state index in [1.807, 2.05) is 23.5 Å². The fourth-order valence-electron chi connectivity index (χ4n) is 2.78. The number of thiophene rings is 1. The van der Waals surface area contributed by atoms with Crippen LogP contribution in [-0.4, -0.2) is 6.54 Å². The Labute approximate surface area is 117 Å². The number of halogens is 1. The van der Waals surface area contributed by atoms with Gasteiger partial charge in [-0.3, -0.25) is 0 Å². The van der Waals surface area contributed by atoms with Gasteiger partial charge in [0.25, 0.3) is 0 Å². The van der Waals surface area contributed by atoms with Crippen LogP contribution in [0.15, 0.2) is 35.7 Å². The normalized spacial score (nSPS) is 18.3. The molecule has 0 fully saturated rings. The van der Waals surface area contributed by atoms with Crippen molar-refractivity contribution in [1.82, 2.24) is 5.32 Å². The van der Waals surface area contributed by atoms with Crippen molar-refractivity contribution in [2.75, 3.05) is 6.54 Å². The number of aryl methyl sites for hydroxylation is 1. The number of nitrogens with one attached hydrogen (secondary N) is 1. The van der Waals surface area contributed by atoms with Gasteiger partial charge in [-0.2, -0.15) is 0 Å². The monoisotopic (exact) mass is 275 g/mol. The van der Waals surface area contributed by atoms with Crippen molar-refractivity contribution in [2.45, 2.75) is 31.7 Å². The van der Waals surface area contributed by atoms with E-state index in [4.69, 9.17) is 0 Å². The summed E-state index contributed by atoms with van der Waals surface area (Å²) in [4.78, 5) is 1.52. The maximum Gasteiger partial charge on any atom is 0.126 e. The molecule has 0 amide bonds. The molecule has 1 heterocycles. The number of fused-ring (bicyclic) bond motifs is 1. The molecule has 0 aliphatic heterocycles. The molecule has 1 unspecified atom stereocenters. The molecule has 1 N–H and O–H groups in total. The number of hydrogen-bond acceptors (Lipinski definition) is 2. The van der Waals surface area contributed by atoms with E-state index in [1.165, 1.54) is 35.8 Å². The van der Waals surface area contributed by atoms with Gasteiger partial charge < -0.3 is 5.32 Å². The Morgan fingerprint density at radius 3 is 3.05 bits per heavy atom. The second-order valence-corrected chi connectivity index (χ2v) is 6.04. The third kappa shape index (κ3) is 2.88. The van der Waals surface area contributed by atoms with Crippen molar-refractivity contribution >= 4 is 11.3 Å². The van der Waals surface area contributed by atoms with Crippen LogP contribution in [0.4, 0.5) is 4.39 Å². The lowest BCUT2D eigenvalue weighted by Crippen LogP contribution is -2.26. The van der Waals surface area contributed by atoms with Crippen LogP contribution in [-0.2, 0) is 12.8 Å². The van der Waals surface area contributed by atoms with E-state index in [0.29, 0.717) is 6.04 Å². The van der Waals surface area contributed by atoms with E-state index in [-0.39, 0.29) is 5.82 Å². The van der Waals surface area contributed by atoms with Crippen LogP contribution in [0.25, 0.3) is 0 Å². The molecule has 0 spiro atoms. The molecular formula is C16H18FNS. The van der Waals surface area contributed by atoms with Crippen LogP contribution >= 0.6 is 11.3 Å². The highest BCUT2D eigenvalue weighted by Crippen LogP contribution is 2.33. The first kappa shape index (κ1) is 12.8. The van der Waals surface area contributed by atoms with Crippen LogP contribution in [0.2, 0.25) is 0 Å². The minimum absolute atomic E-state index is 0.0934. The Hall–Kier alpha value is -1.19. The molecule has 100 valence electrons. The maximum atomic E-state index is 13.5. The molecule has 2 aromatic rings. The molecule has 0 saturated carbocycles. The summed E-state index contributed by atoms with van der Waals surface area (Å²) < 4.78 is 13.5. The van der Waals surface area contributed by atoms with E-state index in [0.717, 1.165) is 18.5 Å². The van der Waals surface area contributed by atoms with Crippen molar-refractivity contribution in [3.8, 4) is 0 Å². The van der Waals surface area contributed by atoms with Crippen molar-refractivity contribution in [3.63, 3.8) is 0 Å². The minimum Gasteiger partial charge on any atom is -0.310 e. The molecule has 1 aliphatic carbocycles. The SMILES string of the molecule is Fc1ccccc1CCNC1CCCc2sccc21. The summed E-state index contributed by atoms with van der Waals surface area (Å²) in [7, 11) is 0. The molecule has 0 bridgehead atoms. The molecule has 3 heteroatoms. The van der Waals surface area contributed by atoms with Crippen molar-refractivity contribution in [1.29, 1.82) is 0 Å². The van der Waals surface area contributed by atoms with E-state index in [1.54, 1.807) is 6.07 Å². The molecule has 1 atom stereocenters. The molecule has 1 nitrogen and oxygen atoms in total. The molecule has 1 aromatic carbocycles. The van der Waals surface area contributed by atoms with Gasteiger partial charge in [-0.05, 0) is 60.9 Å². The van der Waals surface area contributed by atoms with E-state index >= 15 is 0 Å². The Morgan fingerprint density at radius 1 is 1.26 bits per heavy atom. The first-order valence-electron chi connectivity index (χ1n) is 6.87. The Kier molecular flexibility index (Phi) is 3.95. The van der Waals surface area contributed by atoms with E-state index in [2.05, 4.69) is 16.8 Å². The zero-order valence-corrected chi connectivity index (χ0v) is 11.7. The highest BCUT2D eigenvalue weighted by Gasteiger charge is 2.20. The third-order valence-electron chi connectivity index (χ3n) is 3.79. The fourth-order valence-corrected chi connectivity index (χ4v) is 3.77. The first-order chi connectivity index (χ1) is 9.34. The fraction of sp³-hybridized carbons (Fsp3) is 0.375. The van der Waals surface area contributed by atoms with Crippen LogP contribution in [0, 0.1) is 5.82 Å².